The minimum atomic E-state index is -0.687. The summed E-state index contributed by atoms with van der Waals surface area (Å²) in [5.74, 6) is -1.45. The third kappa shape index (κ3) is 6.96. The summed E-state index contributed by atoms with van der Waals surface area (Å²) in [4.78, 5) is 38.2. The van der Waals surface area contributed by atoms with Crippen LogP contribution in [0.1, 0.15) is 30.2 Å². The molecular formula is C22H27ClN4O4. The number of anilines is 1. The molecule has 0 saturated carbocycles. The van der Waals surface area contributed by atoms with Crippen molar-refractivity contribution in [1.82, 2.24) is 14.7 Å². The Morgan fingerprint density at radius 3 is 2.58 bits per heavy atom. The van der Waals surface area contributed by atoms with E-state index in [2.05, 4.69) is 10.4 Å². The predicted octanol–water partition coefficient (Wildman–Crippen LogP) is 3.12. The first-order valence-corrected chi connectivity index (χ1v) is 10.3. The number of carbonyl (C=O) groups is 3. The number of aromatic nitrogens is 2. The fraction of sp³-hybridized carbons (Fsp3) is 0.364. The maximum Gasteiger partial charge on any atom is 0.331 e. The van der Waals surface area contributed by atoms with Crippen molar-refractivity contribution >= 4 is 41.1 Å². The summed E-state index contributed by atoms with van der Waals surface area (Å²) in [5, 5.41) is 7.34. The van der Waals surface area contributed by atoms with Gasteiger partial charge in [-0.15, -0.1) is 0 Å². The summed E-state index contributed by atoms with van der Waals surface area (Å²) >= 11 is 6.12. The summed E-state index contributed by atoms with van der Waals surface area (Å²) in [7, 11) is 1.70. The Hall–Kier alpha value is -3.13. The van der Waals surface area contributed by atoms with Crippen LogP contribution in [0.25, 0.3) is 6.08 Å². The number of carbonyl (C=O) groups excluding carboxylic acids is 3. The number of nitrogens with zero attached hydrogens (tertiary/aromatic N) is 3. The van der Waals surface area contributed by atoms with Crippen LogP contribution >= 0.6 is 11.6 Å². The van der Waals surface area contributed by atoms with Gasteiger partial charge in [-0.25, -0.2) is 4.79 Å². The van der Waals surface area contributed by atoms with E-state index >= 15 is 0 Å². The number of aryl methyl sites for hydroxylation is 3. The fourth-order valence-electron chi connectivity index (χ4n) is 2.90. The molecule has 1 aromatic heterocycles. The second-order valence-electron chi connectivity index (χ2n) is 7.03. The van der Waals surface area contributed by atoms with Gasteiger partial charge in [0.15, 0.2) is 6.61 Å². The Morgan fingerprint density at radius 2 is 1.97 bits per heavy atom. The lowest BCUT2D eigenvalue weighted by molar-refractivity contribution is -0.148. The molecule has 0 fully saturated rings. The number of ether oxygens (including phenoxy) is 1. The van der Waals surface area contributed by atoms with Crippen LogP contribution in [0.3, 0.4) is 0 Å². The number of hydrogen-bond donors (Lipinski definition) is 1. The number of halogens is 1. The zero-order valence-corrected chi connectivity index (χ0v) is 18.9. The van der Waals surface area contributed by atoms with Crippen LogP contribution in [-0.4, -0.2) is 52.2 Å². The molecule has 0 saturated heterocycles. The molecule has 2 aromatic rings. The van der Waals surface area contributed by atoms with Crippen molar-refractivity contribution in [3.05, 3.63) is 52.3 Å². The molecular weight excluding hydrogens is 420 g/mol. The fourth-order valence-corrected chi connectivity index (χ4v) is 3.13. The molecule has 0 aliphatic heterocycles. The number of nitrogens with one attached hydrogen (secondary N) is 1. The van der Waals surface area contributed by atoms with Crippen molar-refractivity contribution in [3.63, 3.8) is 0 Å². The average molecular weight is 447 g/mol. The molecule has 0 aliphatic carbocycles. The predicted molar refractivity (Wildman–Crippen MR) is 120 cm³/mol. The molecule has 0 atom stereocenters. The van der Waals surface area contributed by atoms with Gasteiger partial charge in [0.25, 0.3) is 5.91 Å². The van der Waals surface area contributed by atoms with Gasteiger partial charge in [0, 0.05) is 30.9 Å². The number of rotatable bonds is 9. The van der Waals surface area contributed by atoms with Crippen molar-refractivity contribution in [2.24, 2.45) is 7.05 Å². The highest BCUT2D eigenvalue weighted by atomic mass is 35.5. The number of amides is 2. The standard InChI is InChI=1S/C22H27ClN4O4/c1-5-12-27(13-19(28)24-18-9-7-6-8-15(18)2)20(29)14-31-21(30)11-10-17-16(3)25-26(4)22(17)23/h6-11H,5,12-14H2,1-4H3,(H,24,28)/b11-10+. The number of hydrogen-bond acceptors (Lipinski definition) is 5. The molecule has 0 spiro atoms. The molecule has 0 bridgehead atoms. The quantitative estimate of drug-likeness (QED) is 0.471. The molecule has 0 unspecified atom stereocenters. The molecule has 0 aliphatic rings. The van der Waals surface area contributed by atoms with Gasteiger partial charge in [-0.1, -0.05) is 36.7 Å². The maximum atomic E-state index is 12.5. The molecule has 1 aromatic carbocycles. The van der Waals surface area contributed by atoms with Crippen LogP contribution in [0.2, 0.25) is 5.15 Å². The first-order valence-electron chi connectivity index (χ1n) is 9.90. The van der Waals surface area contributed by atoms with Crippen LogP contribution in [0, 0.1) is 13.8 Å². The Balaban J connectivity index is 1.91. The van der Waals surface area contributed by atoms with Gasteiger partial charge in [0.1, 0.15) is 5.15 Å². The summed E-state index contributed by atoms with van der Waals surface area (Å²) in [6.07, 6.45) is 3.35. The smallest absolute Gasteiger partial charge is 0.331 e. The number of esters is 1. The highest BCUT2D eigenvalue weighted by molar-refractivity contribution is 6.31. The second-order valence-corrected chi connectivity index (χ2v) is 7.39. The zero-order chi connectivity index (χ0) is 23.0. The van der Waals surface area contributed by atoms with Gasteiger partial charge in [0.2, 0.25) is 5.91 Å². The lowest BCUT2D eigenvalue weighted by atomic mass is 10.2. The second kappa shape index (κ2) is 11.3. The van der Waals surface area contributed by atoms with Crippen molar-refractivity contribution in [2.45, 2.75) is 27.2 Å². The van der Waals surface area contributed by atoms with Gasteiger partial charge in [0.05, 0.1) is 12.2 Å². The zero-order valence-electron chi connectivity index (χ0n) is 18.1. The van der Waals surface area contributed by atoms with E-state index in [4.69, 9.17) is 16.3 Å². The SMILES string of the molecule is CCCN(CC(=O)Nc1ccccc1C)C(=O)COC(=O)/C=C/c1c(C)nn(C)c1Cl. The first kappa shape index (κ1) is 24.1. The van der Waals surface area contributed by atoms with E-state index in [-0.39, 0.29) is 12.5 Å². The van der Waals surface area contributed by atoms with Crippen LogP contribution in [-0.2, 0) is 26.2 Å². The van der Waals surface area contributed by atoms with Gasteiger partial charge in [-0.05, 0) is 38.0 Å². The molecule has 0 radical (unpaired) electrons. The topological polar surface area (TPSA) is 93.5 Å². The van der Waals surface area contributed by atoms with E-state index in [1.54, 1.807) is 20.0 Å². The summed E-state index contributed by atoms with van der Waals surface area (Å²) in [5.41, 5.74) is 2.89. The van der Waals surface area contributed by atoms with Crippen LogP contribution < -0.4 is 5.32 Å². The van der Waals surface area contributed by atoms with E-state index < -0.39 is 18.5 Å². The molecule has 9 heteroatoms. The number of benzene rings is 1. The van der Waals surface area contributed by atoms with Gasteiger partial charge in [-0.3, -0.25) is 14.3 Å². The highest BCUT2D eigenvalue weighted by Crippen LogP contribution is 2.20. The molecule has 1 heterocycles. The Bertz CT molecular complexity index is 984. The third-order valence-corrected chi connectivity index (χ3v) is 4.97. The van der Waals surface area contributed by atoms with E-state index in [0.29, 0.717) is 35.1 Å². The lowest BCUT2D eigenvalue weighted by Crippen LogP contribution is -2.40. The normalized spacial score (nSPS) is 10.9. The van der Waals surface area contributed by atoms with Gasteiger partial charge < -0.3 is 15.0 Å². The van der Waals surface area contributed by atoms with Crippen molar-refractivity contribution in [2.75, 3.05) is 25.0 Å². The van der Waals surface area contributed by atoms with Crippen molar-refractivity contribution in [1.29, 1.82) is 0 Å². The summed E-state index contributed by atoms with van der Waals surface area (Å²) < 4.78 is 6.54. The number of para-hydroxylation sites is 1. The molecule has 166 valence electrons. The van der Waals surface area contributed by atoms with E-state index in [9.17, 15) is 14.4 Å². The lowest BCUT2D eigenvalue weighted by Gasteiger charge is -2.21. The summed E-state index contributed by atoms with van der Waals surface area (Å²) in [6, 6.07) is 7.39. The largest absolute Gasteiger partial charge is 0.452 e. The maximum absolute atomic E-state index is 12.5. The van der Waals surface area contributed by atoms with Gasteiger partial charge >= 0.3 is 5.97 Å². The Kier molecular flexibility index (Phi) is 8.81. The van der Waals surface area contributed by atoms with Gasteiger partial charge in [-0.2, -0.15) is 5.10 Å². The van der Waals surface area contributed by atoms with E-state index in [0.717, 1.165) is 5.56 Å². The summed E-state index contributed by atoms with van der Waals surface area (Å²) in [6.45, 7) is 5.34. The third-order valence-electron chi connectivity index (χ3n) is 4.52. The highest BCUT2D eigenvalue weighted by Gasteiger charge is 2.18. The van der Waals surface area contributed by atoms with Crippen molar-refractivity contribution in [3.8, 4) is 0 Å². The van der Waals surface area contributed by atoms with Crippen LogP contribution in [0.15, 0.2) is 30.3 Å². The average Bonchev–Trinajstić information content (AvgIpc) is 2.97. The first-order chi connectivity index (χ1) is 14.7. The van der Waals surface area contributed by atoms with Crippen molar-refractivity contribution < 1.29 is 19.1 Å². The molecule has 2 rings (SSSR count). The Labute approximate surface area is 186 Å². The Morgan fingerprint density at radius 1 is 1.26 bits per heavy atom. The molecule has 1 N–H and O–H groups in total. The monoisotopic (exact) mass is 446 g/mol. The van der Waals surface area contributed by atoms with E-state index in [1.165, 1.54) is 21.7 Å². The van der Waals surface area contributed by atoms with E-state index in [1.807, 2.05) is 32.0 Å². The molecule has 8 nitrogen and oxygen atoms in total. The van der Waals surface area contributed by atoms with Crippen LogP contribution in [0.4, 0.5) is 5.69 Å². The molecule has 2 amide bonds. The minimum Gasteiger partial charge on any atom is -0.452 e. The molecule has 31 heavy (non-hydrogen) atoms. The van der Waals surface area contributed by atoms with Crippen LogP contribution in [0.5, 0.6) is 0 Å². The minimum absolute atomic E-state index is 0.126.